The highest BCUT2D eigenvalue weighted by molar-refractivity contribution is 5.75. The number of hydrogen-bond acceptors (Lipinski definition) is 2. The molecule has 0 fully saturated rings. The lowest BCUT2D eigenvalue weighted by Gasteiger charge is -2.06. The molecule has 0 saturated heterocycles. The van der Waals surface area contributed by atoms with E-state index in [0.29, 0.717) is 19.4 Å². The van der Waals surface area contributed by atoms with Crippen molar-refractivity contribution >= 4 is 11.9 Å². The number of rotatable bonds is 8. The van der Waals surface area contributed by atoms with E-state index >= 15 is 0 Å². The number of amides is 1. The first-order chi connectivity index (χ1) is 10.1. The number of carbonyl (C=O) groups is 2. The topological polar surface area (TPSA) is 66.4 Å². The van der Waals surface area contributed by atoms with Crippen LogP contribution in [0.1, 0.15) is 48.8 Å². The largest absolute Gasteiger partial charge is 0.481 e. The first-order valence-electron chi connectivity index (χ1n) is 7.74. The summed E-state index contributed by atoms with van der Waals surface area (Å²) < 4.78 is 0. The summed E-state index contributed by atoms with van der Waals surface area (Å²) in [5.74, 6) is -0.803. The molecule has 4 heteroatoms. The predicted molar refractivity (Wildman–Crippen MR) is 81.3 cm³/mol. The van der Waals surface area contributed by atoms with Crippen LogP contribution < -0.4 is 5.32 Å². The predicted octanol–water partition coefficient (Wildman–Crippen LogP) is 2.48. The molecular formula is C17H23NO3. The fourth-order valence-corrected chi connectivity index (χ4v) is 2.79. The maximum Gasteiger partial charge on any atom is 0.303 e. The second-order valence-electron chi connectivity index (χ2n) is 5.66. The zero-order valence-corrected chi connectivity index (χ0v) is 12.4. The summed E-state index contributed by atoms with van der Waals surface area (Å²) >= 11 is 0. The van der Waals surface area contributed by atoms with E-state index in [0.717, 1.165) is 12.8 Å². The summed E-state index contributed by atoms with van der Waals surface area (Å²) in [6, 6.07) is 6.69. The zero-order chi connectivity index (χ0) is 15.1. The summed E-state index contributed by atoms with van der Waals surface area (Å²) in [5, 5.41) is 11.3. The van der Waals surface area contributed by atoms with E-state index in [2.05, 4.69) is 23.5 Å². The minimum atomic E-state index is -0.819. The SMILES string of the molecule is O=C(O)CCCNC(=O)CCCc1ccc2c(c1)CCC2. The van der Waals surface area contributed by atoms with Crippen molar-refractivity contribution < 1.29 is 14.7 Å². The average Bonchev–Trinajstić information content (AvgIpc) is 2.91. The molecule has 0 saturated carbocycles. The number of benzene rings is 1. The van der Waals surface area contributed by atoms with Crippen LogP contribution in [0.4, 0.5) is 0 Å². The number of fused-ring (bicyclic) bond motifs is 1. The van der Waals surface area contributed by atoms with Crippen molar-refractivity contribution in [2.24, 2.45) is 0 Å². The van der Waals surface area contributed by atoms with Gasteiger partial charge in [-0.2, -0.15) is 0 Å². The number of aryl methyl sites for hydroxylation is 3. The number of hydrogen-bond donors (Lipinski definition) is 2. The molecule has 114 valence electrons. The third-order valence-corrected chi connectivity index (χ3v) is 3.92. The maximum absolute atomic E-state index is 11.6. The second-order valence-corrected chi connectivity index (χ2v) is 5.66. The lowest BCUT2D eigenvalue weighted by Crippen LogP contribution is -2.24. The van der Waals surface area contributed by atoms with Gasteiger partial charge in [-0.05, 0) is 55.2 Å². The Balaban J connectivity index is 1.62. The molecule has 0 aromatic heterocycles. The first-order valence-corrected chi connectivity index (χ1v) is 7.74. The molecule has 0 radical (unpaired) electrons. The Bertz CT molecular complexity index is 511. The van der Waals surface area contributed by atoms with Crippen LogP contribution in [0.5, 0.6) is 0 Å². The van der Waals surface area contributed by atoms with Crippen molar-refractivity contribution in [1.82, 2.24) is 5.32 Å². The van der Waals surface area contributed by atoms with Gasteiger partial charge in [-0.15, -0.1) is 0 Å². The Morgan fingerprint density at radius 1 is 1.10 bits per heavy atom. The van der Waals surface area contributed by atoms with E-state index in [1.54, 1.807) is 0 Å². The number of carbonyl (C=O) groups excluding carboxylic acids is 1. The normalized spacial score (nSPS) is 13.0. The lowest BCUT2D eigenvalue weighted by atomic mass is 10.0. The van der Waals surface area contributed by atoms with Crippen LogP contribution in [0, 0.1) is 0 Å². The van der Waals surface area contributed by atoms with Crippen LogP contribution in [0.3, 0.4) is 0 Å². The molecule has 2 N–H and O–H groups in total. The molecule has 0 bridgehead atoms. The van der Waals surface area contributed by atoms with Crippen molar-refractivity contribution in [2.75, 3.05) is 6.54 Å². The number of aliphatic carboxylic acids is 1. The van der Waals surface area contributed by atoms with Gasteiger partial charge in [-0.3, -0.25) is 9.59 Å². The van der Waals surface area contributed by atoms with Gasteiger partial charge in [0.1, 0.15) is 0 Å². The van der Waals surface area contributed by atoms with Crippen LogP contribution in [0.15, 0.2) is 18.2 Å². The van der Waals surface area contributed by atoms with Crippen LogP contribution in [0.2, 0.25) is 0 Å². The third-order valence-electron chi connectivity index (χ3n) is 3.92. The van der Waals surface area contributed by atoms with E-state index in [-0.39, 0.29) is 12.3 Å². The number of nitrogens with one attached hydrogen (secondary N) is 1. The molecule has 1 aliphatic carbocycles. The van der Waals surface area contributed by atoms with Crippen molar-refractivity contribution in [1.29, 1.82) is 0 Å². The van der Waals surface area contributed by atoms with Crippen molar-refractivity contribution in [3.05, 3.63) is 34.9 Å². The Hall–Kier alpha value is -1.84. The summed E-state index contributed by atoms with van der Waals surface area (Å²) in [7, 11) is 0. The monoisotopic (exact) mass is 289 g/mol. The molecule has 1 aliphatic rings. The van der Waals surface area contributed by atoms with Gasteiger partial charge in [0.2, 0.25) is 5.91 Å². The molecule has 0 unspecified atom stereocenters. The fourth-order valence-electron chi connectivity index (χ4n) is 2.79. The fraction of sp³-hybridized carbons (Fsp3) is 0.529. The summed E-state index contributed by atoms with van der Waals surface area (Å²) in [6.07, 6.45) is 6.52. The molecule has 4 nitrogen and oxygen atoms in total. The minimum Gasteiger partial charge on any atom is -0.481 e. The maximum atomic E-state index is 11.6. The Morgan fingerprint density at radius 3 is 2.71 bits per heavy atom. The Labute approximate surface area is 125 Å². The molecule has 1 aromatic rings. The van der Waals surface area contributed by atoms with Gasteiger partial charge in [-0.1, -0.05) is 18.2 Å². The van der Waals surface area contributed by atoms with Crippen LogP contribution >= 0.6 is 0 Å². The molecule has 2 rings (SSSR count). The van der Waals surface area contributed by atoms with Crippen molar-refractivity contribution in [3.8, 4) is 0 Å². The second kappa shape index (κ2) is 7.81. The molecule has 0 spiro atoms. The first kappa shape index (κ1) is 15.5. The summed E-state index contributed by atoms with van der Waals surface area (Å²) in [6.45, 7) is 0.448. The van der Waals surface area contributed by atoms with E-state index in [1.807, 2.05) is 0 Å². The summed E-state index contributed by atoms with van der Waals surface area (Å²) in [5.41, 5.74) is 4.27. The third kappa shape index (κ3) is 5.21. The number of carboxylic acid groups (broad SMARTS) is 1. The number of carboxylic acids is 1. The van der Waals surface area contributed by atoms with E-state index in [1.165, 1.54) is 36.0 Å². The van der Waals surface area contributed by atoms with E-state index < -0.39 is 5.97 Å². The van der Waals surface area contributed by atoms with Gasteiger partial charge >= 0.3 is 5.97 Å². The van der Waals surface area contributed by atoms with Gasteiger partial charge in [-0.25, -0.2) is 0 Å². The minimum absolute atomic E-state index is 0.0153. The molecule has 21 heavy (non-hydrogen) atoms. The molecule has 0 aliphatic heterocycles. The lowest BCUT2D eigenvalue weighted by molar-refractivity contribution is -0.137. The van der Waals surface area contributed by atoms with Crippen LogP contribution in [-0.4, -0.2) is 23.5 Å². The van der Waals surface area contributed by atoms with Gasteiger partial charge in [0.05, 0.1) is 0 Å². The standard InChI is InChI=1S/C17H23NO3/c19-16(18-11-3-8-17(20)21)7-1-4-13-9-10-14-5-2-6-15(14)12-13/h9-10,12H,1-8,11H2,(H,18,19)(H,20,21). The van der Waals surface area contributed by atoms with Crippen molar-refractivity contribution in [2.45, 2.75) is 51.4 Å². The molecule has 1 aromatic carbocycles. The van der Waals surface area contributed by atoms with Crippen LogP contribution in [0.25, 0.3) is 0 Å². The molecular weight excluding hydrogens is 266 g/mol. The van der Waals surface area contributed by atoms with E-state index in [9.17, 15) is 9.59 Å². The van der Waals surface area contributed by atoms with Gasteiger partial charge < -0.3 is 10.4 Å². The van der Waals surface area contributed by atoms with E-state index in [4.69, 9.17) is 5.11 Å². The highest BCUT2D eigenvalue weighted by Gasteiger charge is 2.10. The molecule has 1 amide bonds. The summed E-state index contributed by atoms with van der Waals surface area (Å²) in [4.78, 5) is 21.9. The van der Waals surface area contributed by atoms with Crippen LogP contribution in [-0.2, 0) is 28.9 Å². The highest BCUT2D eigenvalue weighted by Crippen LogP contribution is 2.23. The molecule has 0 heterocycles. The molecule has 0 atom stereocenters. The quantitative estimate of drug-likeness (QED) is 0.723. The zero-order valence-electron chi connectivity index (χ0n) is 12.4. The van der Waals surface area contributed by atoms with Gasteiger partial charge in [0, 0.05) is 19.4 Å². The highest BCUT2D eigenvalue weighted by atomic mass is 16.4. The average molecular weight is 289 g/mol. The Kier molecular flexibility index (Phi) is 5.78. The van der Waals surface area contributed by atoms with Crippen molar-refractivity contribution in [3.63, 3.8) is 0 Å². The van der Waals surface area contributed by atoms with Gasteiger partial charge in [0.25, 0.3) is 0 Å². The van der Waals surface area contributed by atoms with Gasteiger partial charge in [0.15, 0.2) is 0 Å². The smallest absolute Gasteiger partial charge is 0.303 e. The Morgan fingerprint density at radius 2 is 1.90 bits per heavy atom.